The van der Waals surface area contributed by atoms with Crippen molar-refractivity contribution in [1.82, 2.24) is 5.32 Å². The summed E-state index contributed by atoms with van der Waals surface area (Å²) >= 11 is 2.03. The minimum Gasteiger partial charge on any atom is -0.309 e. The Morgan fingerprint density at radius 3 is 2.48 bits per heavy atom. The molecule has 0 aromatic heterocycles. The molecule has 0 aliphatic carbocycles. The second-order valence-electron chi connectivity index (χ2n) is 6.50. The number of fused-ring (bicyclic) bond motifs is 1. The van der Waals surface area contributed by atoms with Gasteiger partial charge in [0.15, 0.2) is 0 Å². The van der Waals surface area contributed by atoms with Gasteiger partial charge in [0.2, 0.25) is 0 Å². The van der Waals surface area contributed by atoms with E-state index in [1.54, 1.807) is 0 Å². The van der Waals surface area contributed by atoms with Gasteiger partial charge in [-0.3, -0.25) is 0 Å². The molecule has 0 heterocycles. The molecule has 0 radical (unpaired) electrons. The number of hydrogen-bond donors (Lipinski definition) is 1. The third-order valence-electron chi connectivity index (χ3n) is 3.52. The fraction of sp³-hybridized carbons (Fsp3) is 0.474. The van der Waals surface area contributed by atoms with E-state index >= 15 is 0 Å². The van der Waals surface area contributed by atoms with E-state index in [4.69, 9.17) is 0 Å². The quantitative estimate of drug-likeness (QED) is 0.765. The molecule has 2 rings (SSSR count). The lowest BCUT2D eigenvalue weighted by atomic mass is 9.99. The van der Waals surface area contributed by atoms with Gasteiger partial charge in [0.25, 0.3) is 0 Å². The van der Waals surface area contributed by atoms with E-state index in [0.717, 1.165) is 12.3 Å². The maximum Gasteiger partial charge on any atom is 0.0418 e. The van der Waals surface area contributed by atoms with Crippen molar-refractivity contribution in [3.8, 4) is 0 Å². The highest BCUT2D eigenvalue weighted by atomic mass is 32.2. The molecule has 2 heteroatoms. The van der Waals surface area contributed by atoms with Crippen LogP contribution >= 0.6 is 11.8 Å². The fourth-order valence-corrected chi connectivity index (χ4v) is 3.43. The Kier molecular flexibility index (Phi) is 5.72. The second kappa shape index (κ2) is 7.33. The van der Waals surface area contributed by atoms with E-state index < -0.39 is 0 Å². The Bertz CT molecular complexity index is 566. The number of benzene rings is 2. The topological polar surface area (TPSA) is 12.0 Å². The lowest BCUT2D eigenvalue weighted by Crippen LogP contribution is -2.26. The largest absolute Gasteiger partial charge is 0.309 e. The van der Waals surface area contributed by atoms with Crippen LogP contribution < -0.4 is 5.32 Å². The average molecular weight is 301 g/mol. The number of thioether (sulfide) groups is 1. The van der Waals surface area contributed by atoms with E-state index in [9.17, 15) is 0 Å². The van der Waals surface area contributed by atoms with E-state index in [1.165, 1.54) is 22.8 Å². The van der Waals surface area contributed by atoms with Gasteiger partial charge in [0.05, 0.1) is 0 Å². The zero-order valence-electron chi connectivity index (χ0n) is 13.6. The molecule has 1 unspecified atom stereocenters. The first-order chi connectivity index (χ1) is 10.0. The Balaban J connectivity index is 2.29. The summed E-state index contributed by atoms with van der Waals surface area (Å²) in [6.07, 6.45) is 1.17. The van der Waals surface area contributed by atoms with Gasteiger partial charge in [-0.1, -0.05) is 70.2 Å². The van der Waals surface area contributed by atoms with Gasteiger partial charge in [0.1, 0.15) is 0 Å². The van der Waals surface area contributed by atoms with E-state index in [-0.39, 0.29) is 0 Å². The van der Waals surface area contributed by atoms with Gasteiger partial charge in [-0.15, -0.1) is 0 Å². The smallest absolute Gasteiger partial charge is 0.0418 e. The first-order valence-corrected chi connectivity index (χ1v) is 8.85. The van der Waals surface area contributed by atoms with E-state index in [1.807, 2.05) is 11.8 Å². The van der Waals surface area contributed by atoms with Crippen LogP contribution in [0, 0.1) is 0 Å². The van der Waals surface area contributed by atoms with Gasteiger partial charge in [0, 0.05) is 16.5 Å². The molecule has 1 atom stereocenters. The van der Waals surface area contributed by atoms with Crippen LogP contribution in [0.4, 0.5) is 0 Å². The van der Waals surface area contributed by atoms with Crippen LogP contribution in [0.15, 0.2) is 42.5 Å². The third-order valence-corrected chi connectivity index (χ3v) is 4.89. The summed E-state index contributed by atoms with van der Waals surface area (Å²) in [7, 11) is 0. The second-order valence-corrected chi connectivity index (χ2v) is 8.35. The van der Waals surface area contributed by atoms with E-state index in [2.05, 4.69) is 75.5 Å². The lowest BCUT2D eigenvalue weighted by molar-refractivity contribution is 0.578. The molecule has 2 aromatic carbocycles. The van der Waals surface area contributed by atoms with Crippen LogP contribution in [0.5, 0.6) is 0 Å². The third kappa shape index (κ3) is 4.76. The average Bonchev–Trinajstić information content (AvgIpc) is 2.46. The zero-order chi connectivity index (χ0) is 15.3. The number of rotatable bonds is 6. The van der Waals surface area contributed by atoms with E-state index in [0.29, 0.717) is 10.8 Å². The molecule has 1 nitrogen and oxygen atoms in total. The predicted octanol–water partition coefficient (Wildman–Crippen LogP) is 5.41. The summed E-state index contributed by atoms with van der Waals surface area (Å²) in [5, 5.41) is 6.44. The van der Waals surface area contributed by atoms with Crippen molar-refractivity contribution in [3.05, 3.63) is 48.0 Å². The normalized spacial score (nSPS) is 13.5. The molecule has 0 saturated carbocycles. The minimum atomic E-state index is 0.302. The standard InChI is InChI=1S/C19H27NS/c1-5-13-20-18(14-21-19(2,3)4)17-12-8-10-15-9-6-7-11-16(15)17/h6-12,18,20H,5,13-14H2,1-4H3. The van der Waals surface area contributed by atoms with Crippen LogP contribution in [-0.2, 0) is 0 Å². The van der Waals surface area contributed by atoms with Gasteiger partial charge >= 0.3 is 0 Å². The lowest BCUT2D eigenvalue weighted by Gasteiger charge is -2.25. The van der Waals surface area contributed by atoms with Gasteiger partial charge in [-0.25, -0.2) is 0 Å². The first kappa shape index (κ1) is 16.4. The molecule has 0 aliphatic rings. The first-order valence-electron chi connectivity index (χ1n) is 7.86. The number of hydrogen-bond acceptors (Lipinski definition) is 2. The highest BCUT2D eigenvalue weighted by Gasteiger charge is 2.18. The van der Waals surface area contributed by atoms with Gasteiger partial charge in [-0.05, 0) is 29.3 Å². The molecular weight excluding hydrogens is 274 g/mol. The SMILES string of the molecule is CCCNC(CSC(C)(C)C)c1cccc2ccccc12. The summed E-state index contributed by atoms with van der Waals surface area (Å²) in [6, 6.07) is 15.8. The maximum atomic E-state index is 3.73. The summed E-state index contributed by atoms with van der Waals surface area (Å²) in [5.41, 5.74) is 1.43. The van der Waals surface area contributed by atoms with Crippen LogP contribution in [0.3, 0.4) is 0 Å². The Morgan fingerprint density at radius 2 is 1.76 bits per heavy atom. The van der Waals surface area contributed by atoms with Crippen LogP contribution in [0.1, 0.15) is 45.7 Å². The maximum absolute atomic E-state index is 3.73. The molecule has 0 spiro atoms. The van der Waals surface area contributed by atoms with Crippen LogP contribution in [0.2, 0.25) is 0 Å². The zero-order valence-corrected chi connectivity index (χ0v) is 14.5. The molecule has 0 fully saturated rings. The molecule has 2 aromatic rings. The molecule has 0 aliphatic heterocycles. The van der Waals surface area contributed by atoms with Crippen molar-refractivity contribution in [2.24, 2.45) is 0 Å². The Hall–Kier alpha value is -0.990. The summed E-state index contributed by atoms with van der Waals surface area (Å²) < 4.78 is 0.302. The number of nitrogens with one attached hydrogen (secondary N) is 1. The van der Waals surface area contributed by atoms with Gasteiger partial charge in [-0.2, -0.15) is 11.8 Å². The highest BCUT2D eigenvalue weighted by Crippen LogP contribution is 2.31. The summed E-state index contributed by atoms with van der Waals surface area (Å²) in [4.78, 5) is 0. The van der Waals surface area contributed by atoms with Crippen molar-refractivity contribution < 1.29 is 0 Å². The molecule has 21 heavy (non-hydrogen) atoms. The van der Waals surface area contributed by atoms with Crippen molar-refractivity contribution in [1.29, 1.82) is 0 Å². The van der Waals surface area contributed by atoms with Crippen molar-refractivity contribution in [3.63, 3.8) is 0 Å². The molecule has 1 N–H and O–H groups in total. The highest BCUT2D eigenvalue weighted by molar-refractivity contribution is 8.00. The molecule has 0 saturated heterocycles. The summed E-state index contributed by atoms with van der Waals surface area (Å²) in [5.74, 6) is 1.11. The molecule has 114 valence electrons. The molecule has 0 bridgehead atoms. The Morgan fingerprint density at radius 1 is 1.05 bits per heavy atom. The van der Waals surface area contributed by atoms with Crippen molar-refractivity contribution in [2.45, 2.75) is 44.9 Å². The van der Waals surface area contributed by atoms with Crippen LogP contribution in [-0.4, -0.2) is 17.0 Å². The van der Waals surface area contributed by atoms with Gasteiger partial charge < -0.3 is 5.32 Å². The molecular formula is C19H27NS. The summed E-state index contributed by atoms with van der Waals surface area (Å²) in [6.45, 7) is 10.2. The predicted molar refractivity (Wildman–Crippen MR) is 97.2 cm³/mol. The monoisotopic (exact) mass is 301 g/mol. The van der Waals surface area contributed by atoms with Crippen molar-refractivity contribution in [2.75, 3.05) is 12.3 Å². The van der Waals surface area contributed by atoms with Crippen LogP contribution in [0.25, 0.3) is 10.8 Å². The fourth-order valence-electron chi connectivity index (χ4n) is 2.46. The molecule has 0 amide bonds. The Labute approximate surface area is 133 Å². The minimum absolute atomic E-state index is 0.302. The van der Waals surface area contributed by atoms with Crippen molar-refractivity contribution >= 4 is 22.5 Å².